The van der Waals surface area contributed by atoms with E-state index in [0.717, 1.165) is 0 Å². The van der Waals surface area contributed by atoms with Gasteiger partial charge in [0.25, 0.3) is 0 Å². The molecular weight excluding hydrogens is 292 g/mol. The zero-order valence-corrected chi connectivity index (χ0v) is 13.0. The predicted octanol–water partition coefficient (Wildman–Crippen LogP) is 2.33. The third-order valence-electron chi connectivity index (χ3n) is 3.56. The summed E-state index contributed by atoms with van der Waals surface area (Å²) in [6.45, 7) is 0.528. The van der Waals surface area contributed by atoms with Crippen LogP contribution in [0.1, 0.15) is 17.5 Å². The van der Waals surface area contributed by atoms with Gasteiger partial charge >= 0.3 is 0 Å². The summed E-state index contributed by atoms with van der Waals surface area (Å²) in [7, 11) is 1.58. The number of benzene rings is 2. The Balaban J connectivity index is 2.23. The highest BCUT2D eigenvalue weighted by Gasteiger charge is 2.29. The van der Waals surface area contributed by atoms with Crippen LogP contribution in [0.5, 0.6) is 11.5 Å². The molecule has 0 heterocycles. The second kappa shape index (κ2) is 7.68. The lowest BCUT2D eigenvalue weighted by molar-refractivity contribution is 0.145. The van der Waals surface area contributed by atoms with Crippen molar-refractivity contribution in [2.24, 2.45) is 0 Å². The number of methoxy groups -OCH3 is 1. The molecule has 0 fully saturated rings. The SMILES string of the molecule is C#CC(O)(c1ccc(OC)cc1)c1ccc(OCCCO)cc1. The molecular formula is C19H20O4. The number of aliphatic hydroxyl groups excluding tert-OH is 1. The molecule has 4 nitrogen and oxygen atoms in total. The molecule has 2 N–H and O–H groups in total. The Bertz CT molecular complexity index is 655. The Kier molecular flexibility index (Phi) is 5.64. The summed E-state index contributed by atoms with van der Waals surface area (Å²) in [5.41, 5.74) is -0.343. The lowest BCUT2D eigenvalue weighted by atomic mass is 9.87. The highest BCUT2D eigenvalue weighted by molar-refractivity contribution is 5.46. The maximum absolute atomic E-state index is 10.9. The van der Waals surface area contributed by atoms with E-state index in [9.17, 15) is 5.11 Å². The van der Waals surface area contributed by atoms with Crippen molar-refractivity contribution in [3.8, 4) is 23.8 Å². The van der Waals surface area contributed by atoms with E-state index >= 15 is 0 Å². The summed E-state index contributed by atoms with van der Waals surface area (Å²) in [5.74, 6) is 3.82. The molecule has 2 aromatic rings. The van der Waals surface area contributed by atoms with Crippen molar-refractivity contribution in [1.29, 1.82) is 0 Å². The topological polar surface area (TPSA) is 58.9 Å². The monoisotopic (exact) mass is 312 g/mol. The molecule has 1 unspecified atom stereocenters. The molecule has 0 bridgehead atoms. The van der Waals surface area contributed by atoms with Crippen molar-refractivity contribution < 1.29 is 19.7 Å². The van der Waals surface area contributed by atoms with Gasteiger partial charge < -0.3 is 19.7 Å². The molecule has 0 spiro atoms. The van der Waals surface area contributed by atoms with Gasteiger partial charge in [0.2, 0.25) is 0 Å². The smallest absolute Gasteiger partial charge is 0.176 e. The van der Waals surface area contributed by atoms with E-state index in [1.54, 1.807) is 55.6 Å². The van der Waals surface area contributed by atoms with Crippen LogP contribution in [-0.2, 0) is 5.60 Å². The van der Waals surface area contributed by atoms with E-state index in [0.29, 0.717) is 35.7 Å². The minimum Gasteiger partial charge on any atom is -0.497 e. The van der Waals surface area contributed by atoms with E-state index in [1.165, 1.54) is 0 Å². The Labute approximate surface area is 136 Å². The summed E-state index contributed by atoms with van der Waals surface area (Å²) < 4.78 is 10.6. The summed E-state index contributed by atoms with van der Waals surface area (Å²) >= 11 is 0. The van der Waals surface area contributed by atoms with Gasteiger partial charge in [0, 0.05) is 24.2 Å². The normalized spacial score (nSPS) is 13.0. The lowest BCUT2D eigenvalue weighted by Crippen LogP contribution is -2.24. The molecule has 23 heavy (non-hydrogen) atoms. The van der Waals surface area contributed by atoms with Crippen molar-refractivity contribution in [3.05, 3.63) is 59.7 Å². The molecule has 4 heteroatoms. The number of aliphatic hydroxyl groups is 2. The summed E-state index contributed by atoms with van der Waals surface area (Å²) in [5, 5.41) is 19.6. The number of hydrogen-bond donors (Lipinski definition) is 2. The minimum absolute atomic E-state index is 0.0897. The molecule has 0 aromatic heterocycles. The molecule has 0 aliphatic carbocycles. The van der Waals surface area contributed by atoms with Crippen LogP contribution in [-0.4, -0.2) is 30.5 Å². The number of terminal acetylenes is 1. The van der Waals surface area contributed by atoms with Gasteiger partial charge in [-0.2, -0.15) is 0 Å². The first-order valence-corrected chi connectivity index (χ1v) is 7.33. The van der Waals surface area contributed by atoms with Gasteiger partial charge in [0.15, 0.2) is 5.60 Å². The van der Waals surface area contributed by atoms with E-state index in [2.05, 4.69) is 5.92 Å². The first-order valence-electron chi connectivity index (χ1n) is 7.33. The molecule has 0 aliphatic heterocycles. The standard InChI is InChI=1S/C19H20O4/c1-3-19(21,15-5-9-17(22-2)10-6-15)16-7-11-18(12-8-16)23-14-4-13-20/h1,5-12,20-21H,4,13-14H2,2H3. The summed E-state index contributed by atoms with van der Waals surface area (Å²) in [4.78, 5) is 0. The molecule has 0 saturated carbocycles. The molecule has 1 atom stereocenters. The quantitative estimate of drug-likeness (QED) is 0.608. The van der Waals surface area contributed by atoms with Gasteiger partial charge in [-0.05, 0) is 24.3 Å². The zero-order chi connectivity index (χ0) is 16.7. The number of rotatable bonds is 7. The molecule has 0 saturated heterocycles. The van der Waals surface area contributed by atoms with Crippen molar-refractivity contribution in [1.82, 2.24) is 0 Å². The first-order chi connectivity index (χ1) is 11.1. The van der Waals surface area contributed by atoms with Crippen molar-refractivity contribution >= 4 is 0 Å². The molecule has 0 aliphatic rings. The van der Waals surface area contributed by atoms with Crippen LogP contribution in [0.4, 0.5) is 0 Å². The van der Waals surface area contributed by atoms with E-state index in [-0.39, 0.29) is 6.61 Å². The Morgan fingerprint density at radius 1 is 1.00 bits per heavy atom. The van der Waals surface area contributed by atoms with Gasteiger partial charge in [0.1, 0.15) is 11.5 Å². The average molecular weight is 312 g/mol. The zero-order valence-electron chi connectivity index (χ0n) is 13.0. The molecule has 0 amide bonds. The van der Waals surface area contributed by atoms with Crippen molar-refractivity contribution in [2.75, 3.05) is 20.3 Å². The fourth-order valence-corrected chi connectivity index (χ4v) is 2.21. The lowest BCUT2D eigenvalue weighted by Gasteiger charge is -2.23. The molecule has 2 rings (SSSR count). The van der Waals surface area contributed by atoms with Crippen LogP contribution in [0.15, 0.2) is 48.5 Å². The van der Waals surface area contributed by atoms with E-state index < -0.39 is 5.60 Å². The van der Waals surface area contributed by atoms with Crippen LogP contribution in [0.2, 0.25) is 0 Å². The van der Waals surface area contributed by atoms with Crippen molar-refractivity contribution in [3.63, 3.8) is 0 Å². The van der Waals surface area contributed by atoms with Gasteiger partial charge in [-0.1, -0.05) is 30.2 Å². The number of hydrogen-bond acceptors (Lipinski definition) is 4. The maximum atomic E-state index is 10.9. The van der Waals surface area contributed by atoms with Gasteiger partial charge in [-0.3, -0.25) is 0 Å². The van der Waals surface area contributed by atoms with Crippen molar-refractivity contribution in [2.45, 2.75) is 12.0 Å². The van der Waals surface area contributed by atoms with Crippen LogP contribution >= 0.6 is 0 Å². The third-order valence-corrected chi connectivity index (χ3v) is 3.56. The maximum Gasteiger partial charge on any atom is 0.176 e. The largest absolute Gasteiger partial charge is 0.497 e. The average Bonchev–Trinajstić information content (AvgIpc) is 2.62. The van der Waals surface area contributed by atoms with Gasteiger partial charge in [0.05, 0.1) is 13.7 Å². The molecule has 2 aromatic carbocycles. The summed E-state index contributed by atoms with van der Waals surface area (Å²) in [6.07, 6.45) is 6.16. The third kappa shape index (κ3) is 3.84. The van der Waals surface area contributed by atoms with Gasteiger partial charge in [-0.25, -0.2) is 0 Å². The van der Waals surface area contributed by atoms with E-state index in [4.69, 9.17) is 21.0 Å². The fraction of sp³-hybridized carbons (Fsp3) is 0.263. The van der Waals surface area contributed by atoms with Crippen LogP contribution in [0.25, 0.3) is 0 Å². The first kappa shape index (κ1) is 16.9. The van der Waals surface area contributed by atoms with Crippen LogP contribution in [0, 0.1) is 12.3 Å². The summed E-state index contributed by atoms with van der Waals surface area (Å²) in [6, 6.07) is 14.0. The molecule has 0 radical (unpaired) electrons. The predicted molar refractivity (Wildman–Crippen MR) is 88.5 cm³/mol. The van der Waals surface area contributed by atoms with Crippen LogP contribution in [0.3, 0.4) is 0 Å². The highest BCUT2D eigenvalue weighted by atomic mass is 16.5. The highest BCUT2D eigenvalue weighted by Crippen LogP contribution is 2.31. The Morgan fingerprint density at radius 2 is 1.52 bits per heavy atom. The second-order valence-corrected chi connectivity index (χ2v) is 5.03. The number of ether oxygens (including phenoxy) is 2. The Morgan fingerprint density at radius 3 is 1.96 bits per heavy atom. The van der Waals surface area contributed by atoms with Crippen LogP contribution < -0.4 is 9.47 Å². The minimum atomic E-state index is -1.52. The van der Waals surface area contributed by atoms with E-state index in [1.807, 2.05) is 0 Å². The van der Waals surface area contributed by atoms with Gasteiger partial charge in [-0.15, -0.1) is 6.42 Å². The Hall–Kier alpha value is -2.48. The fourth-order valence-electron chi connectivity index (χ4n) is 2.21. The second-order valence-electron chi connectivity index (χ2n) is 5.03. The molecule has 120 valence electrons.